The number of β-amino-alcohol motifs (C(OH)–C–C–N with tert-alkyl or cyclic N) is 1. The third kappa shape index (κ3) is 3.44. The molecule has 0 amide bonds. The lowest BCUT2D eigenvalue weighted by molar-refractivity contribution is 0.00796. The maximum Gasteiger partial charge on any atom is 0.228 e. The second-order valence-corrected chi connectivity index (χ2v) is 6.09. The first kappa shape index (κ1) is 14.5. The molecule has 1 aliphatic heterocycles. The molecule has 0 bridgehead atoms. The van der Waals surface area contributed by atoms with Crippen LogP contribution in [0.1, 0.15) is 25.7 Å². The fraction of sp³-hybridized carbons (Fsp3) is 0.733. The van der Waals surface area contributed by atoms with Crippen LogP contribution in [0.25, 0.3) is 0 Å². The Morgan fingerprint density at radius 1 is 1.24 bits per heavy atom. The number of hydrogen-bond donors (Lipinski definition) is 1. The Balaban J connectivity index is 1.54. The average Bonchev–Trinajstić information content (AvgIpc) is 2.94. The quantitative estimate of drug-likeness (QED) is 0.890. The third-order valence-corrected chi connectivity index (χ3v) is 4.53. The summed E-state index contributed by atoms with van der Waals surface area (Å²) in [7, 11) is 1.62. The Hall–Kier alpha value is -1.40. The number of methoxy groups -OCH3 is 1. The SMILES string of the molecule is COc1ccnc(N2CCN(CC3(O)CCCC3)CC2)n1. The Morgan fingerprint density at radius 3 is 2.62 bits per heavy atom. The molecule has 6 nitrogen and oxygen atoms in total. The zero-order valence-electron chi connectivity index (χ0n) is 12.7. The average molecular weight is 292 g/mol. The van der Waals surface area contributed by atoms with Gasteiger partial charge in [0.1, 0.15) is 0 Å². The standard InChI is InChI=1S/C15H24N4O2/c1-21-13-4-7-16-14(17-13)19-10-8-18(9-11-19)12-15(20)5-2-3-6-15/h4,7,20H,2-3,5-6,8-12H2,1H3. The lowest BCUT2D eigenvalue weighted by Crippen LogP contribution is -2.51. The molecule has 1 N–H and O–H groups in total. The van der Waals surface area contributed by atoms with E-state index in [4.69, 9.17) is 4.74 Å². The van der Waals surface area contributed by atoms with Gasteiger partial charge in [0.05, 0.1) is 12.7 Å². The molecule has 116 valence electrons. The van der Waals surface area contributed by atoms with Crippen LogP contribution < -0.4 is 9.64 Å². The first-order valence-electron chi connectivity index (χ1n) is 7.75. The van der Waals surface area contributed by atoms with Gasteiger partial charge < -0.3 is 14.7 Å². The highest BCUT2D eigenvalue weighted by molar-refractivity contribution is 5.32. The van der Waals surface area contributed by atoms with E-state index in [0.717, 1.165) is 64.4 Å². The van der Waals surface area contributed by atoms with Gasteiger partial charge in [-0.25, -0.2) is 4.98 Å². The number of hydrogen-bond acceptors (Lipinski definition) is 6. The number of anilines is 1. The van der Waals surface area contributed by atoms with Gasteiger partial charge in [0, 0.05) is 45.0 Å². The number of aromatic nitrogens is 2. The summed E-state index contributed by atoms with van der Waals surface area (Å²) in [4.78, 5) is 13.2. The van der Waals surface area contributed by atoms with Crippen LogP contribution in [0, 0.1) is 0 Å². The second-order valence-electron chi connectivity index (χ2n) is 6.09. The number of nitrogens with zero attached hydrogens (tertiary/aromatic N) is 4. The first-order chi connectivity index (χ1) is 10.2. The van der Waals surface area contributed by atoms with Crippen molar-refractivity contribution < 1.29 is 9.84 Å². The molecule has 1 saturated carbocycles. The van der Waals surface area contributed by atoms with Crippen molar-refractivity contribution in [2.75, 3.05) is 44.7 Å². The summed E-state index contributed by atoms with van der Waals surface area (Å²) in [5, 5.41) is 10.5. The monoisotopic (exact) mass is 292 g/mol. The van der Waals surface area contributed by atoms with Crippen molar-refractivity contribution >= 4 is 5.95 Å². The van der Waals surface area contributed by atoms with Crippen LogP contribution >= 0.6 is 0 Å². The van der Waals surface area contributed by atoms with E-state index in [2.05, 4.69) is 19.8 Å². The molecule has 1 aromatic rings. The minimum atomic E-state index is -0.450. The molecule has 6 heteroatoms. The van der Waals surface area contributed by atoms with E-state index in [-0.39, 0.29) is 0 Å². The third-order valence-electron chi connectivity index (χ3n) is 4.53. The normalized spacial score (nSPS) is 22.5. The molecule has 21 heavy (non-hydrogen) atoms. The number of piperazine rings is 1. The molecule has 0 unspecified atom stereocenters. The second kappa shape index (κ2) is 6.15. The van der Waals surface area contributed by atoms with Crippen molar-refractivity contribution in [3.05, 3.63) is 12.3 Å². The lowest BCUT2D eigenvalue weighted by atomic mass is 10.0. The van der Waals surface area contributed by atoms with Crippen molar-refractivity contribution in [3.63, 3.8) is 0 Å². The molecule has 2 heterocycles. The highest BCUT2D eigenvalue weighted by atomic mass is 16.5. The van der Waals surface area contributed by atoms with Gasteiger partial charge in [0.25, 0.3) is 0 Å². The fourth-order valence-electron chi connectivity index (χ4n) is 3.31. The first-order valence-corrected chi connectivity index (χ1v) is 7.75. The van der Waals surface area contributed by atoms with Gasteiger partial charge >= 0.3 is 0 Å². The van der Waals surface area contributed by atoms with E-state index >= 15 is 0 Å². The molecule has 1 saturated heterocycles. The fourth-order valence-corrected chi connectivity index (χ4v) is 3.31. The molecule has 0 aromatic carbocycles. The van der Waals surface area contributed by atoms with Crippen LogP contribution in [0.4, 0.5) is 5.95 Å². The van der Waals surface area contributed by atoms with Gasteiger partial charge in [-0.2, -0.15) is 4.98 Å². The number of rotatable bonds is 4. The van der Waals surface area contributed by atoms with Crippen LogP contribution in [0.5, 0.6) is 5.88 Å². The Morgan fingerprint density at radius 2 is 1.95 bits per heavy atom. The topological polar surface area (TPSA) is 61.7 Å². The Labute approximate surface area is 125 Å². The summed E-state index contributed by atoms with van der Waals surface area (Å²) >= 11 is 0. The molecule has 2 aliphatic rings. The molecule has 0 radical (unpaired) electrons. The van der Waals surface area contributed by atoms with Crippen molar-refractivity contribution in [1.82, 2.24) is 14.9 Å². The van der Waals surface area contributed by atoms with E-state index in [1.54, 1.807) is 19.4 Å². The predicted molar refractivity (Wildman–Crippen MR) is 80.7 cm³/mol. The summed E-state index contributed by atoms with van der Waals surface area (Å²) in [6.45, 7) is 4.48. The van der Waals surface area contributed by atoms with Crippen LogP contribution in [0.15, 0.2) is 12.3 Å². The zero-order valence-corrected chi connectivity index (χ0v) is 12.7. The van der Waals surface area contributed by atoms with Gasteiger partial charge in [0.2, 0.25) is 11.8 Å². The molecule has 2 fully saturated rings. The predicted octanol–water partition coefficient (Wildman–Crippen LogP) is 0.912. The van der Waals surface area contributed by atoms with Crippen LogP contribution in [-0.4, -0.2) is 65.4 Å². The molecule has 1 aromatic heterocycles. The van der Waals surface area contributed by atoms with Crippen molar-refractivity contribution in [3.8, 4) is 5.88 Å². The summed E-state index contributed by atoms with van der Waals surface area (Å²) in [5.74, 6) is 1.33. The van der Waals surface area contributed by atoms with Gasteiger partial charge in [-0.1, -0.05) is 12.8 Å². The zero-order chi connectivity index (χ0) is 14.7. The Bertz CT molecular complexity index is 468. The van der Waals surface area contributed by atoms with Crippen LogP contribution in [-0.2, 0) is 0 Å². The summed E-state index contributed by atoms with van der Waals surface area (Å²) in [6.07, 6.45) is 5.95. The summed E-state index contributed by atoms with van der Waals surface area (Å²) in [5.41, 5.74) is -0.450. The van der Waals surface area contributed by atoms with E-state index in [9.17, 15) is 5.11 Å². The maximum absolute atomic E-state index is 10.5. The highest BCUT2D eigenvalue weighted by Gasteiger charge is 2.34. The highest BCUT2D eigenvalue weighted by Crippen LogP contribution is 2.30. The minimum Gasteiger partial charge on any atom is -0.481 e. The van der Waals surface area contributed by atoms with Crippen LogP contribution in [0.3, 0.4) is 0 Å². The van der Waals surface area contributed by atoms with E-state index in [1.807, 2.05) is 0 Å². The smallest absolute Gasteiger partial charge is 0.228 e. The van der Waals surface area contributed by atoms with Gasteiger partial charge in [-0.15, -0.1) is 0 Å². The summed E-state index contributed by atoms with van der Waals surface area (Å²) < 4.78 is 5.15. The van der Waals surface area contributed by atoms with Gasteiger partial charge in [0.15, 0.2) is 0 Å². The van der Waals surface area contributed by atoms with Crippen molar-refractivity contribution in [2.45, 2.75) is 31.3 Å². The molecular formula is C15H24N4O2. The maximum atomic E-state index is 10.5. The molecule has 0 atom stereocenters. The van der Waals surface area contributed by atoms with E-state index in [0.29, 0.717) is 5.88 Å². The number of aliphatic hydroxyl groups is 1. The minimum absolute atomic E-state index is 0.450. The molecule has 0 spiro atoms. The van der Waals surface area contributed by atoms with E-state index in [1.165, 1.54) is 0 Å². The Kier molecular flexibility index (Phi) is 4.26. The van der Waals surface area contributed by atoms with Crippen LogP contribution in [0.2, 0.25) is 0 Å². The lowest BCUT2D eigenvalue weighted by Gasteiger charge is -2.38. The molecule has 3 rings (SSSR count). The van der Waals surface area contributed by atoms with E-state index < -0.39 is 5.60 Å². The van der Waals surface area contributed by atoms with Gasteiger partial charge in [-0.05, 0) is 12.8 Å². The largest absolute Gasteiger partial charge is 0.481 e. The molecular weight excluding hydrogens is 268 g/mol. The van der Waals surface area contributed by atoms with Crippen molar-refractivity contribution in [2.24, 2.45) is 0 Å². The number of ether oxygens (including phenoxy) is 1. The van der Waals surface area contributed by atoms with Gasteiger partial charge in [-0.3, -0.25) is 4.90 Å². The van der Waals surface area contributed by atoms with Crippen molar-refractivity contribution in [1.29, 1.82) is 0 Å². The molecule has 1 aliphatic carbocycles. The summed E-state index contributed by atoms with van der Waals surface area (Å²) in [6, 6.07) is 1.76.